The summed E-state index contributed by atoms with van der Waals surface area (Å²) in [5, 5.41) is 52.5. The van der Waals surface area contributed by atoms with E-state index in [0.717, 1.165) is 11.4 Å². The maximum Gasteiger partial charge on any atom is 0.199 e. The van der Waals surface area contributed by atoms with Crippen molar-refractivity contribution in [2.24, 2.45) is 34.1 Å². The van der Waals surface area contributed by atoms with Crippen LogP contribution in [0, 0.1) is 5.41 Å². The third-order valence-corrected chi connectivity index (χ3v) is 12.3. The number of methoxy groups -OCH3 is 2. The second-order valence-corrected chi connectivity index (χ2v) is 15.1. The van der Waals surface area contributed by atoms with E-state index in [1.807, 2.05) is 75.4 Å². The van der Waals surface area contributed by atoms with Gasteiger partial charge in [-0.1, -0.05) is 43.3 Å². The molecule has 53 heavy (non-hydrogen) atoms. The minimum absolute atomic E-state index is 0.124. The number of benzene rings is 3. The lowest BCUT2D eigenvalue weighted by atomic mass is 9.49. The fraction of sp³-hybridized carbons (Fsp3) is 0.526. The van der Waals surface area contributed by atoms with Crippen LogP contribution >= 0.6 is 0 Å². The van der Waals surface area contributed by atoms with E-state index in [2.05, 4.69) is 0 Å². The number of para-hydroxylation sites is 2. The van der Waals surface area contributed by atoms with E-state index in [9.17, 15) is 20.4 Å². The molecule has 3 aromatic carbocycles. The van der Waals surface area contributed by atoms with Crippen molar-refractivity contribution in [2.45, 2.75) is 85.8 Å². The molecule has 3 saturated heterocycles. The summed E-state index contributed by atoms with van der Waals surface area (Å²) < 4.78 is 11.8. The molecule has 0 radical (unpaired) electrons. The van der Waals surface area contributed by atoms with E-state index < -0.39 is 58.6 Å². The van der Waals surface area contributed by atoms with Crippen LogP contribution in [0.5, 0.6) is 5.75 Å². The summed E-state index contributed by atoms with van der Waals surface area (Å²) >= 11 is 0. The van der Waals surface area contributed by atoms with E-state index in [1.54, 1.807) is 18.2 Å². The van der Waals surface area contributed by atoms with Gasteiger partial charge in [0.15, 0.2) is 22.9 Å². The second kappa shape index (κ2) is 14.2. The summed E-state index contributed by atoms with van der Waals surface area (Å²) in [6.07, 6.45) is 0.710. The third-order valence-electron chi connectivity index (χ3n) is 12.3. The average molecular weight is 736 g/mol. The first-order chi connectivity index (χ1) is 25.0. The van der Waals surface area contributed by atoms with Crippen molar-refractivity contribution in [1.29, 1.82) is 0 Å². The highest BCUT2D eigenvalue weighted by atomic mass is 16.5. The molecule has 0 aromatic heterocycles. The standard InChI is InChI=1S/C38H57N9O6/c1-34(33-32(53-3)28(40)23-47(33)26-18-19-27(39)29(22-26)52-2,35(48,37(41,42)50)30-16-10-20-45(30)24-12-6-4-7-13-24)36(49,38(43,44)51)31-17-11-21-46(31)25-14-8-5-9-15-25/h4-9,12-15,18-19,22,28,30-33,48-51H,10-11,16-17,20-21,23,39-44H2,1-3H3. The summed E-state index contributed by atoms with van der Waals surface area (Å²) in [5.41, 5.74) is 34.4. The van der Waals surface area contributed by atoms with Gasteiger partial charge in [0.05, 0.1) is 48.5 Å². The minimum atomic E-state index is -2.96. The molecular weight excluding hydrogens is 678 g/mol. The van der Waals surface area contributed by atoms with Crippen LogP contribution in [0.4, 0.5) is 22.7 Å². The molecule has 0 aliphatic carbocycles. The monoisotopic (exact) mass is 735 g/mol. The van der Waals surface area contributed by atoms with E-state index in [-0.39, 0.29) is 19.4 Å². The molecule has 0 spiro atoms. The molecule has 7 unspecified atom stereocenters. The lowest BCUT2D eigenvalue weighted by molar-refractivity contribution is -0.322. The molecule has 15 heteroatoms. The van der Waals surface area contributed by atoms with Gasteiger partial charge < -0.3 is 56.1 Å². The Morgan fingerprint density at radius 2 is 1.15 bits per heavy atom. The molecule has 16 N–H and O–H groups in total. The van der Waals surface area contributed by atoms with Crippen molar-refractivity contribution in [3.8, 4) is 5.75 Å². The fourth-order valence-corrected chi connectivity index (χ4v) is 10.0. The number of hydrogen-bond acceptors (Lipinski definition) is 15. The van der Waals surface area contributed by atoms with Gasteiger partial charge in [-0.2, -0.15) is 0 Å². The molecule has 3 aromatic rings. The van der Waals surface area contributed by atoms with Crippen molar-refractivity contribution in [1.82, 2.24) is 0 Å². The lowest BCUT2D eigenvalue weighted by Crippen LogP contribution is -2.92. The van der Waals surface area contributed by atoms with Gasteiger partial charge in [0.2, 0.25) is 0 Å². The Bertz CT molecular complexity index is 1630. The van der Waals surface area contributed by atoms with Gasteiger partial charge in [0, 0.05) is 49.9 Å². The van der Waals surface area contributed by atoms with E-state index in [1.165, 1.54) is 21.1 Å². The average Bonchev–Trinajstić information content (AvgIpc) is 3.90. The molecule has 0 bridgehead atoms. The molecular formula is C38H57N9O6. The number of nitrogens with zero attached hydrogens (tertiary/aromatic N) is 3. The Labute approximate surface area is 311 Å². The first kappa shape index (κ1) is 39.0. The Kier molecular flexibility index (Phi) is 10.4. The number of rotatable bonds is 12. The highest BCUT2D eigenvalue weighted by molar-refractivity contribution is 5.64. The number of hydrogen-bond donors (Lipinski definition) is 10. The first-order valence-electron chi connectivity index (χ1n) is 18.1. The normalized spacial score (nSPS) is 27.4. The molecule has 3 aliphatic rings. The maximum absolute atomic E-state index is 14.0. The zero-order chi connectivity index (χ0) is 38.6. The van der Waals surface area contributed by atoms with E-state index >= 15 is 0 Å². The van der Waals surface area contributed by atoms with Gasteiger partial charge in [0.25, 0.3) is 0 Å². The molecule has 6 rings (SSSR count). The maximum atomic E-state index is 14.0. The number of nitrogens with two attached hydrogens (primary N) is 6. The highest BCUT2D eigenvalue weighted by Crippen LogP contribution is 2.60. The number of aliphatic hydroxyl groups is 4. The van der Waals surface area contributed by atoms with Crippen LogP contribution in [0.15, 0.2) is 78.9 Å². The zero-order valence-corrected chi connectivity index (χ0v) is 30.8. The van der Waals surface area contributed by atoms with Gasteiger partial charge in [0.1, 0.15) is 5.75 Å². The van der Waals surface area contributed by atoms with Crippen molar-refractivity contribution in [3.05, 3.63) is 78.9 Å². The molecule has 0 amide bonds. The Morgan fingerprint density at radius 1 is 0.679 bits per heavy atom. The van der Waals surface area contributed by atoms with Crippen LogP contribution in [-0.4, -0.2) is 107 Å². The zero-order valence-electron chi connectivity index (χ0n) is 30.8. The van der Waals surface area contributed by atoms with Gasteiger partial charge in [-0.3, -0.25) is 22.9 Å². The fourth-order valence-electron chi connectivity index (χ4n) is 10.0. The first-order valence-corrected chi connectivity index (χ1v) is 18.1. The Balaban J connectivity index is 1.71. The Hall–Kier alpha value is -3.74. The summed E-state index contributed by atoms with van der Waals surface area (Å²) in [4.78, 5) is 5.65. The van der Waals surface area contributed by atoms with Crippen LogP contribution in [0.2, 0.25) is 0 Å². The minimum Gasteiger partial charge on any atom is -0.495 e. The van der Waals surface area contributed by atoms with E-state index in [0.29, 0.717) is 43.1 Å². The summed E-state index contributed by atoms with van der Waals surface area (Å²) in [6.45, 7) is 2.56. The van der Waals surface area contributed by atoms with Crippen molar-refractivity contribution in [2.75, 3.05) is 54.3 Å². The molecule has 290 valence electrons. The Morgan fingerprint density at radius 3 is 1.57 bits per heavy atom. The quantitative estimate of drug-likeness (QED) is 0.0849. The van der Waals surface area contributed by atoms with Crippen molar-refractivity contribution in [3.63, 3.8) is 0 Å². The van der Waals surface area contributed by atoms with Crippen LogP contribution in [0.3, 0.4) is 0 Å². The topological polar surface area (TPSA) is 265 Å². The number of nitrogen functional groups attached to an aromatic ring is 1. The number of ether oxygens (including phenoxy) is 2. The van der Waals surface area contributed by atoms with Crippen LogP contribution in [-0.2, 0) is 4.74 Å². The summed E-state index contributed by atoms with van der Waals surface area (Å²) in [7, 11) is 2.96. The van der Waals surface area contributed by atoms with Crippen LogP contribution in [0.1, 0.15) is 32.6 Å². The van der Waals surface area contributed by atoms with Crippen LogP contribution < -0.4 is 53.8 Å². The predicted molar refractivity (Wildman–Crippen MR) is 206 cm³/mol. The smallest absolute Gasteiger partial charge is 0.199 e. The predicted octanol–water partition coefficient (Wildman–Crippen LogP) is -0.258. The lowest BCUT2D eigenvalue weighted by Gasteiger charge is -2.67. The SMILES string of the molecule is COc1cc(N2CC(N)C(OC)C2C(C)(C(O)(C2CCCN2c2ccccc2)C(N)(N)O)C(O)(C2CCCN2c2ccccc2)C(N)(N)O)ccc1N. The second-order valence-electron chi connectivity index (χ2n) is 15.1. The molecule has 15 nitrogen and oxygen atoms in total. The van der Waals surface area contributed by atoms with E-state index in [4.69, 9.17) is 43.9 Å². The summed E-state index contributed by atoms with van der Waals surface area (Å²) in [5.74, 6) is -5.56. The molecule has 7 atom stereocenters. The third kappa shape index (κ3) is 5.99. The van der Waals surface area contributed by atoms with Crippen molar-refractivity contribution >= 4 is 22.7 Å². The summed E-state index contributed by atoms with van der Waals surface area (Å²) in [6, 6.07) is 19.7. The molecule has 3 heterocycles. The van der Waals surface area contributed by atoms with Gasteiger partial charge in [-0.25, -0.2) is 0 Å². The van der Waals surface area contributed by atoms with Gasteiger partial charge in [-0.15, -0.1) is 0 Å². The van der Waals surface area contributed by atoms with Gasteiger partial charge >= 0.3 is 0 Å². The molecule has 0 saturated carbocycles. The number of anilines is 4. The molecule has 3 aliphatic heterocycles. The van der Waals surface area contributed by atoms with Crippen LogP contribution in [0.25, 0.3) is 0 Å². The molecule has 3 fully saturated rings. The van der Waals surface area contributed by atoms with Gasteiger partial charge in [-0.05, 0) is 62.1 Å². The highest BCUT2D eigenvalue weighted by Gasteiger charge is 2.80. The van der Waals surface area contributed by atoms with Crippen molar-refractivity contribution < 1.29 is 29.9 Å². The largest absolute Gasteiger partial charge is 0.495 e.